The summed E-state index contributed by atoms with van der Waals surface area (Å²) in [5.74, 6) is 0.957. The standard InChI is InChI=1S/C25H29N3O4S2/c1-16(2)14-32-22-12-17(3)4-10-21(22)27-24(31)28-25-26-13-20(34-25)15-33-19-8-5-18(6-9-19)7-11-23(29)30/h4-6,8-10,12-13,16H,7,11,14-15H2,1-3H3,(H,29,30)(H2,26,27,28,31). The van der Waals surface area contributed by atoms with E-state index in [1.54, 1.807) is 18.0 Å². The Kier molecular flexibility index (Phi) is 9.35. The minimum atomic E-state index is -0.791. The van der Waals surface area contributed by atoms with E-state index in [9.17, 15) is 9.59 Å². The van der Waals surface area contributed by atoms with Crippen molar-refractivity contribution in [3.63, 3.8) is 0 Å². The number of nitrogens with one attached hydrogen (secondary N) is 2. The Morgan fingerprint density at radius 1 is 1.15 bits per heavy atom. The molecule has 34 heavy (non-hydrogen) atoms. The molecular weight excluding hydrogens is 470 g/mol. The number of carboxylic acid groups (broad SMARTS) is 1. The van der Waals surface area contributed by atoms with Crippen molar-refractivity contribution in [1.82, 2.24) is 4.98 Å². The fourth-order valence-electron chi connectivity index (χ4n) is 2.95. The van der Waals surface area contributed by atoms with Crippen LogP contribution in [0.3, 0.4) is 0 Å². The summed E-state index contributed by atoms with van der Waals surface area (Å²) in [5.41, 5.74) is 2.68. The summed E-state index contributed by atoms with van der Waals surface area (Å²) < 4.78 is 5.86. The number of aromatic nitrogens is 1. The number of hydrogen-bond donors (Lipinski definition) is 3. The molecule has 0 aliphatic rings. The van der Waals surface area contributed by atoms with Crippen LogP contribution in [-0.4, -0.2) is 28.7 Å². The minimum absolute atomic E-state index is 0.132. The van der Waals surface area contributed by atoms with Crippen LogP contribution in [-0.2, 0) is 17.0 Å². The number of aryl methyl sites for hydroxylation is 2. The third kappa shape index (κ3) is 8.39. The summed E-state index contributed by atoms with van der Waals surface area (Å²) in [6, 6.07) is 13.2. The lowest BCUT2D eigenvalue weighted by atomic mass is 10.1. The molecule has 0 saturated heterocycles. The molecule has 0 unspecified atom stereocenters. The highest BCUT2D eigenvalue weighted by atomic mass is 32.2. The van der Waals surface area contributed by atoms with Gasteiger partial charge in [-0.15, -0.1) is 23.1 Å². The van der Waals surface area contributed by atoms with Crippen LogP contribution in [0.1, 0.15) is 36.3 Å². The number of nitrogens with zero attached hydrogens (tertiary/aromatic N) is 1. The first-order valence-electron chi connectivity index (χ1n) is 11.0. The minimum Gasteiger partial charge on any atom is -0.491 e. The summed E-state index contributed by atoms with van der Waals surface area (Å²) >= 11 is 3.09. The zero-order valence-corrected chi connectivity index (χ0v) is 21.1. The van der Waals surface area contributed by atoms with Crippen LogP contribution in [0.15, 0.2) is 53.6 Å². The van der Waals surface area contributed by atoms with Crippen molar-refractivity contribution in [2.45, 2.75) is 44.3 Å². The SMILES string of the molecule is Cc1ccc(NC(=O)Nc2ncc(CSc3ccc(CCC(=O)O)cc3)s2)c(OCC(C)C)c1. The lowest BCUT2D eigenvalue weighted by Gasteiger charge is -2.14. The second kappa shape index (κ2) is 12.4. The molecule has 3 rings (SSSR count). The normalized spacial score (nSPS) is 10.8. The molecule has 0 aliphatic carbocycles. The maximum absolute atomic E-state index is 12.5. The number of anilines is 2. The van der Waals surface area contributed by atoms with Gasteiger partial charge in [-0.1, -0.05) is 32.0 Å². The first-order valence-corrected chi connectivity index (χ1v) is 12.8. The van der Waals surface area contributed by atoms with Crippen LogP contribution in [0.2, 0.25) is 0 Å². The Hall–Kier alpha value is -3.04. The molecule has 0 fully saturated rings. The number of carbonyl (C=O) groups excluding carboxylic acids is 1. The number of carboxylic acids is 1. The predicted octanol–water partition coefficient (Wildman–Crippen LogP) is 6.44. The quantitative estimate of drug-likeness (QED) is 0.263. The van der Waals surface area contributed by atoms with Crippen molar-refractivity contribution in [3.8, 4) is 5.75 Å². The lowest BCUT2D eigenvalue weighted by Crippen LogP contribution is -2.20. The van der Waals surface area contributed by atoms with E-state index in [1.165, 1.54) is 11.3 Å². The van der Waals surface area contributed by atoms with E-state index in [2.05, 4.69) is 29.5 Å². The van der Waals surface area contributed by atoms with E-state index in [-0.39, 0.29) is 12.5 Å². The molecular formula is C25H29N3O4S2. The maximum atomic E-state index is 12.5. The van der Waals surface area contributed by atoms with Crippen LogP contribution in [0.25, 0.3) is 0 Å². The first-order chi connectivity index (χ1) is 16.3. The predicted molar refractivity (Wildman–Crippen MR) is 138 cm³/mol. The number of carbonyl (C=O) groups is 2. The highest BCUT2D eigenvalue weighted by Gasteiger charge is 2.12. The molecule has 9 heteroatoms. The molecule has 7 nitrogen and oxygen atoms in total. The van der Waals surface area contributed by atoms with Gasteiger partial charge < -0.3 is 15.2 Å². The van der Waals surface area contributed by atoms with Gasteiger partial charge in [0.2, 0.25) is 0 Å². The Morgan fingerprint density at radius 3 is 2.62 bits per heavy atom. The molecule has 3 aromatic rings. The molecule has 0 aliphatic heterocycles. The van der Waals surface area contributed by atoms with Gasteiger partial charge in [-0.3, -0.25) is 10.1 Å². The number of hydrogen-bond acceptors (Lipinski definition) is 6. The lowest BCUT2D eigenvalue weighted by molar-refractivity contribution is -0.136. The zero-order chi connectivity index (χ0) is 24.5. The molecule has 1 aromatic heterocycles. The van der Waals surface area contributed by atoms with Gasteiger partial charge in [-0.05, 0) is 54.7 Å². The number of rotatable bonds is 11. The summed E-state index contributed by atoms with van der Waals surface area (Å²) in [6.45, 7) is 6.70. The average molecular weight is 500 g/mol. The fourth-order valence-corrected chi connectivity index (χ4v) is 4.68. The number of thiazole rings is 1. The number of amides is 2. The van der Waals surface area contributed by atoms with Crippen LogP contribution < -0.4 is 15.4 Å². The Balaban J connectivity index is 1.51. The maximum Gasteiger partial charge on any atom is 0.325 e. The molecule has 3 N–H and O–H groups in total. The smallest absolute Gasteiger partial charge is 0.325 e. The van der Waals surface area contributed by atoms with Gasteiger partial charge in [-0.25, -0.2) is 9.78 Å². The third-order valence-electron chi connectivity index (χ3n) is 4.66. The van der Waals surface area contributed by atoms with E-state index in [1.807, 2.05) is 49.4 Å². The van der Waals surface area contributed by atoms with Crippen LogP contribution in [0.5, 0.6) is 5.75 Å². The molecule has 2 aromatic carbocycles. The summed E-state index contributed by atoms with van der Waals surface area (Å²) in [5, 5.41) is 14.9. The van der Waals surface area contributed by atoms with Gasteiger partial charge in [0.25, 0.3) is 0 Å². The van der Waals surface area contributed by atoms with Gasteiger partial charge in [-0.2, -0.15) is 0 Å². The summed E-state index contributed by atoms with van der Waals surface area (Å²) in [6.07, 6.45) is 2.42. The molecule has 1 heterocycles. The van der Waals surface area contributed by atoms with E-state index in [4.69, 9.17) is 9.84 Å². The molecule has 0 spiro atoms. The third-order valence-corrected chi connectivity index (χ3v) is 6.82. The molecule has 0 radical (unpaired) electrons. The molecule has 180 valence electrons. The van der Waals surface area contributed by atoms with Crippen molar-refractivity contribution in [2.75, 3.05) is 17.2 Å². The number of aliphatic carboxylic acids is 1. The van der Waals surface area contributed by atoms with E-state index >= 15 is 0 Å². The van der Waals surface area contributed by atoms with Gasteiger partial charge in [0, 0.05) is 28.1 Å². The highest BCUT2D eigenvalue weighted by molar-refractivity contribution is 7.98. The van der Waals surface area contributed by atoms with E-state index in [0.717, 1.165) is 26.7 Å². The molecule has 2 amide bonds. The number of thioether (sulfide) groups is 1. The van der Waals surface area contributed by atoms with Gasteiger partial charge in [0.05, 0.1) is 12.3 Å². The number of benzene rings is 2. The van der Waals surface area contributed by atoms with Crippen molar-refractivity contribution < 1.29 is 19.4 Å². The van der Waals surface area contributed by atoms with Crippen LogP contribution >= 0.6 is 23.1 Å². The van der Waals surface area contributed by atoms with Crippen LogP contribution in [0, 0.1) is 12.8 Å². The number of ether oxygens (including phenoxy) is 1. The second-order valence-electron chi connectivity index (χ2n) is 8.24. The first kappa shape index (κ1) is 25.6. The second-order valence-corrected chi connectivity index (χ2v) is 10.4. The highest BCUT2D eigenvalue weighted by Crippen LogP contribution is 2.29. The molecule has 0 atom stereocenters. The van der Waals surface area contributed by atoms with E-state index < -0.39 is 5.97 Å². The fraction of sp³-hybridized carbons (Fsp3) is 0.320. The number of urea groups is 1. The van der Waals surface area contributed by atoms with Crippen molar-refractivity contribution in [1.29, 1.82) is 0 Å². The van der Waals surface area contributed by atoms with Gasteiger partial charge in [0.1, 0.15) is 5.75 Å². The van der Waals surface area contributed by atoms with Gasteiger partial charge >= 0.3 is 12.0 Å². The van der Waals surface area contributed by atoms with E-state index in [0.29, 0.717) is 35.5 Å². The molecule has 0 saturated carbocycles. The zero-order valence-electron chi connectivity index (χ0n) is 19.5. The van der Waals surface area contributed by atoms with Gasteiger partial charge in [0.15, 0.2) is 5.13 Å². The largest absolute Gasteiger partial charge is 0.491 e. The summed E-state index contributed by atoms with van der Waals surface area (Å²) in [7, 11) is 0. The Morgan fingerprint density at radius 2 is 1.91 bits per heavy atom. The van der Waals surface area contributed by atoms with Crippen molar-refractivity contribution >= 4 is 45.9 Å². The Labute approximate surface area is 208 Å². The molecule has 0 bridgehead atoms. The van der Waals surface area contributed by atoms with Crippen molar-refractivity contribution in [3.05, 3.63) is 64.7 Å². The van der Waals surface area contributed by atoms with Crippen molar-refractivity contribution in [2.24, 2.45) is 5.92 Å². The summed E-state index contributed by atoms with van der Waals surface area (Å²) in [4.78, 5) is 29.6. The topological polar surface area (TPSA) is 101 Å². The Bertz CT molecular complexity index is 1110. The average Bonchev–Trinajstić information content (AvgIpc) is 3.24. The van der Waals surface area contributed by atoms with Crippen LogP contribution in [0.4, 0.5) is 15.6 Å². The monoisotopic (exact) mass is 499 g/mol.